The van der Waals surface area contributed by atoms with Crippen molar-refractivity contribution in [1.29, 1.82) is 0 Å². The summed E-state index contributed by atoms with van der Waals surface area (Å²) in [6.45, 7) is 2.58. The number of likely N-dealkylation sites (N-methyl/N-ethyl adjacent to an activating group) is 1. The highest BCUT2D eigenvalue weighted by atomic mass is 16.3. The third kappa shape index (κ3) is 2.30. The van der Waals surface area contributed by atoms with E-state index in [-0.39, 0.29) is 18.2 Å². The van der Waals surface area contributed by atoms with Crippen LogP contribution in [0.25, 0.3) is 10.8 Å². The first-order chi connectivity index (χ1) is 9.69. The van der Waals surface area contributed by atoms with Gasteiger partial charge in [0, 0.05) is 25.0 Å². The number of H-pyrrole nitrogens is 1. The van der Waals surface area contributed by atoms with Crippen LogP contribution in [-0.4, -0.2) is 54.3 Å². The average molecular weight is 273 g/mol. The summed E-state index contributed by atoms with van der Waals surface area (Å²) in [7, 11) is 2.02. The second kappa shape index (κ2) is 5.26. The maximum absolute atomic E-state index is 12.1. The van der Waals surface area contributed by atoms with Gasteiger partial charge in [-0.25, -0.2) is 0 Å². The van der Waals surface area contributed by atoms with Crippen LogP contribution in [0.1, 0.15) is 0 Å². The molecule has 2 aromatic rings. The highest BCUT2D eigenvalue weighted by molar-refractivity contribution is 5.83. The van der Waals surface area contributed by atoms with Gasteiger partial charge in [-0.2, -0.15) is 0 Å². The molecule has 5 nitrogen and oxygen atoms in total. The zero-order chi connectivity index (χ0) is 14.1. The molecule has 0 amide bonds. The molecule has 1 fully saturated rings. The van der Waals surface area contributed by atoms with E-state index >= 15 is 0 Å². The molecule has 2 heterocycles. The first-order valence-corrected chi connectivity index (χ1v) is 6.87. The molecule has 1 atom stereocenters. The highest BCUT2D eigenvalue weighted by Crippen LogP contribution is 2.19. The van der Waals surface area contributed by atoms with Gasteiger partial charge in [-0.3, -0.25) is 9.69 Å². The zero-order valence-electron chi connectivity index (χ0n) is 11.5. The Hall–Kier alpha value is -1.85. The van der Waals surface area contributed by atoms with Crippen LogP contribution in [-0.2, 0) is 0 Å². The van der Waals surface area contributed by atoms with Crippen LogP contribution in [0.15, 0.2) is 35.1 Å². The number of fused-ring (bicyclic) bond motifs is 1. The van der Waals surface area contributed by atoms with Crippen molar-refractivity contribution in [3.05, 3.63) is 40.7 Å². The maximum Gasteiger partial charge on any atom is 0.257 e. The quantitative estimate of drug-likeness (QED) is 0.843. The SMILES string of the molecule is CN1CCN(c2cc3ccccc3c(=O)[nH]2)C[C@@H]1CO. The van der Waals surface area contributed by atoms with Crippen molar-refractivity contribution < 1.29 is 5.11 Å². The zero-order valence-corrected chi connectivity index (χ0v) is 11.5. The highest BCUT2D eigenvalue weighted by Gasteiger charge is 2.24. The molecule has 0 spiro atoms. The van der Waals surface area contributed by atoms with Gasteiger partial charge in [-0.05, 0) is 24.6 Å². The first-order valence-electron chi connectivity index (χ1n) is 6.87. The van der Waals surface area contributed by atoms with E-state index in [1.54, 1.807) is 0 Å². The van der Waals surface area contributed by atoms with Crippen molar-refractivity contribution in [3.8, 4) is 0 Å². The normalized spacial score (nSPS) is 20.5. The van der Waals surface area contributed by atoms with Gasteiger partial charge in [0.05, 0.1) is 12.6 Å². The molecule has 1 aliphatic rings. The Morgan fingerprint density at radius 1 is 1.35 bits per heavy atom. The van der Waals surface area contributed by atoms with Gasteiger partial charge in [-0.15, -0.1) is 0 Å². The van der Waals surface area contributed by atoms with Crippen molar-refractivity contribution in [3.63, 3.8) is 0 Å². The molecule has 106 valence electrons. The van der Waals surface area contributed by atoms with Crippen LogP contribution in [0.2, 0.25) is 0 Å². The number of benzene rings is 1. The second-order valence-electron chi connectivity index (χ2n) is 5.33. The van der Waals surface area contributed by atoms with Crippen LogP contribution in [0.4, 0.5) is 5.82 Å². The summed E-state index contributed by atoms with van der Waals surface area (Å²) < 4.78 is 0. The van der Waals surface area contributed by atoms with Gasteiger partial charge in [0.15, 0.2) is 0 Å². The molecule has 1 aromatic carbocycles. The Morgan fingerprint density at radius 3 is 2.95 bits per heavy atom. The molecule has 0 radical (unpaired) electrons. The Labute approximate surface area is 117 Å². The number of aromatic nitrogens is 1. The van der Waals surface area contributed by atoms with E-state index in [0.717, 1.165) is 30.8 Å². The number of aliphatic hydroxyl groups is 1. The van der Waals surface area contributed by atoms with Gasteiger partial charge in [0.25, 0.3) is 5.56 Å². The average Bonchev–Trinajstić information content (AvgIpc) is 2.47. The number of aliphatic hydroxyl groups excluding tert-OH is 1. The minimum absolute atomic E-state index is 0.0578. The third-order valence-electron chi connectivity index (χ3n) is 4.07. The van der Waals surface area contributed by atoms with Crippen LogP contribution < -0.4 is 10.5 Å². The first kappa shape index (κ1) is 13.1. The van der Waals surface area contributed by atoms with E-state index in [9.17, 15) is 9.90 Å². The summed E-state index contributed by atoms with van der Waals surface area (Å²) in [6.07, 6.45) is 0. The number of anilines is 1. The Balaban J connectivity index is 1.96. The monoisotopic (exact) mass is 273 g/mol. The fourth-order valence-corrected chi connectivity index (χ4v) is 2.73. The number of aromatic amines is 1. The third-order valence-corrected chi connectivity index (χ3v) is 4.07. The summed E-state index contributed by atoms with van der Waals surface area (Å²) in [6, 6.07) is 9.71. The molecular formula is C15H19N3O2. The fourth-order valence-electron chi connectivity index (χ4n) is 2.73. The van der Waals surface area contributed by atoms with E-state index in [1.807, 2.05) is 37.4 Å². The number of hydrogen-bond acceptors (Lipinski definition) is 4. The topological polar surface area (TPSA) is 59.6 Å². The van der Waals surface area contributed by atoms with Gasteiger partial charge >= 0.3 is 0 Å². The van der Waals surface area contributed by atoms with Crippen LogP contribution in [0.5, 0.6) is 0 Å². The van der Waals surface area contributed by atoms with Crippen molar-refractivity contribution in [2.75, 3.05) is 38.2 Å². The van der Waals surface area contributed by atoms with Gasteiger partial charge in [0.2, 0.25) is 0 Å². The molecule has 1 saturated heterocycles. The van der Waals surface area contributed by atoms with Crippen LogP contribution >= 0.6 is 0 Å². The lowest BCUT2D eigenvalue weighted by molar-refractivity contribution is 0.135. The number of hydrogen-bond donors (Lipinski definition) is 2. The summed E-state index contributed by atoms with van der Waals surface area (Å²) >= 11 is 0. The summed E-state index contributed by atoms with van der Waals surface area (Å²) in [5.74, 6) is 0.834. The van der Waals surface area contributed by atoms with Crippen LogP contribution in [0.3, 0.4) is 0 Å². The molecule has 3 rings (SSSR count). The number of nitrogens with one attached hydrogen (secondary N) is 1. The molecule has 0 saturated carbocycles. The number of rotatable bonds is 2. The Bertz CT molecular complexity index is 667. The number of nitrogens with zero attached hydrogens (tertiary/aromatic N) is 2. The molecule has 0 aliphatic carbocycles. The predicted molar refractivity (Wildman–Crippen MR) is 80.3 cm³/mol. The van der Waals surface area contributed by atoms with Gasteiger partial charge < -0.3 is 15.0 Å². The van der Waals surface area contributed by atoms with Gasteiger partial charge in [0.1, 0.15) is 5.82 Å². The molecule has 0 bridgehead atoms. The van der Waals surface area contributed by atoms with E-state index in [2.05, 4.69) is 14.8 Å². The standard InChI is InChI=1S/C15H19N3O2/c1-17-6-7-18(9-12(17)10-19)14-8-11-4-2-3-5-13(11)15(20)16-14/h2-5,8,12,19H,6-7,9-10H2,1H3,(H,16,20)/t12-/m1/s1. The summed E-state index contributed by atoms with van der Waals surface area (Å²) in [5.41, 5.74) is -0.0578. The lowest BCUT2D eigenvalue weighted by atomic mass is 10.1. The van der Waals surface area contributed by atoms with Crippen molar-refractivity contribution in [2.24, 2.45) is 0 Å². The van der Waals surface area contributed by atoms with Crippen molar-refractivity contribution in [2.45, 2.75) is 6.04 Å². The van der Waals surface area contributed by atoms with E-state index < -0.39 is 0 Å². The Kier molecular flexibility index (Phi) is 3.46. The minimum atomic E-state index is -0.0578. The minimum Gasteiger partial charge on any atom is -0.395 e. The number of pyridine rings is 1. The largest absolute Gasteiger partial charge is 0.395 e. The van der Waals surface area contributed by atoms with Crippen LogP contribution in [0, 0.1) is 0 Å². The fraction of sp³-hybridized carbons (Fsp3) is 0.400. The van der Waals surface area contributed by atoms with Crippen molar-refractivity contribution >= 4 is 16.6 Å². The molecule has 1 aliphatic heterocycles. The van der Waals surface area contributed by atoms with E-state index in [4.69, 9.17) is 0 Å². The summed E-state index contributed by atoms with van der Waals surface area (Å²) in [5, 5.41) is 11.1. The second-order valence-corrected chi connectivity index (χ2v) is 5.33. The number of piperazine rings is 1. The maximum atomic E-state index is 12.1. The molecular weight excluding hydrogens is 254 g/mol. The Morgan fingerprint density at radius 2 is 2.15 bits per heavy atom. The molecule has 20 heavy (non-hydrogen) atoms. The summed E-state index contributed by atoms with van der Waals surface area (Å²) in [4.78, 5) is 19.3. The predicted octanol–water partition coefficient (Wildman–Crippen LogP) is 0.641. The van der Waals surface area contributed by atoms with E-state index in [0.29, 0.717) is 5.39 Å². The van der Waals surface area contributed by atoms with Gasteiger partial charge in [-0.1, -0.05) is 18.2 Å². The molecule has 5 heteroatoms. The lowest BCUT2D eigenvalue weighted by Gasteiger charge is -2.39. The molecule has 0 unspecified atom stereocenters. The smallest absolute Gasteiger partial charge is 0.257 e. The van der Waals surface area contributed by atoms with E-state index in [1.165, 1.54) is 0 Å². The lowest BCUT2D eigenvalue weighted by Crippen LogP contribution is -2.53. The van der Waals surface area contributed by atoms with Crippen molar-refractivity contribution in [1.82, 2.24) is 9.88 Å². The molecule has 2 N–H and O–H groups in total. The molecule has 1 aromatic heterocycles.